The molecule has 2 rings (SSSR count). The average molecular weight is 280 g/mol. The summed E-state index contributed by atoms with van der Waals surface area (Å²) in [4.78, 5) is 0. The molecule has 2 aliphatic rings. The monoisotopic (exact) mass is 280 g/mol. The Labute approximate surface area is 122 Å². The Balaban J connectivity index is 2.24. The molecule has 3 atom stereocenters. The summed E-state index contributed by atoms with van der Waals surface area (Å²) >= 11 is 0. The van der Waals surface area contributed by atoms with Gasteiger partial charge in [0.25, 0.3) is 0 Å². The molecule has 1 saturated carbocycles. The Kier molecular flexibility index (Phi) is 4.73. The van der Waals surface area contributed by atoms with E-state index in [4.69, 9.17) is 14.6 Å². The van der Waals surface area contributed by atoms with E-state index < -0.39 is 0 Å². The second kappa shape index (κ2) is 6.00. The van der Waals surface area contributed by atoms with Gasteiger partial charge in [-0.3, -0.25) is 0 Å². The molecule has 3 nitrogen and oxygen atoms in total. The maximum Gasteiger partial charge on any atom is 0.171 e. The van der Waals surface area contributed by atoms with Crippen LogP contribution < -0.4 is 0 Å². The summed E-state index contributed by atoms with van der Waals surface area (Å²) in [5.74, 6) is 0.522. The first-order valence-electron chi connectivity index (χ1n) is 7.69. The van der Waals surface area contributed by atoms with Crippen molar-refractivity contribution in [3.8, 4) is 0 Å². The maximum atomic E-state index is 8.96. The van der Waals surface area contributed by atoms with Gasteiger partial charge in [-0.15, -0.1) is 0 Å². The molecular weight excluding hydrogens is 252 g/mol. The quantitative estimate of drug-likeness (QED) is 0.806. The lowest BCUT2D eigenvalue weighted by Crippen LogP contribution is -2.52. The molecule has 0 unspecified atom stereocenters. The van der Waals surface area contributed by atoms with Gasteiger partial charge in [0, 0.05) is 12.3 Å². The summed E-state index contributed by atoms with van der Waals surface area (Å²) in [7, 11) is 0. The minimum Gasteiger partial charge on any atom is -0.392 e. The van der Waals surface area contributed by atoms with Gasteiger partial charge in [0.1, 0.15) is 0 Å². The predicted molar refractivity (Wildman–Crippen MR) is 80.3 cm³/mol. The van der Waals surface area contributed by atoms with Crippen molar-refractivity contribution in [1.29, 1.82) is 0 Å². The normalized spacial score (nSPS) is 38.0. The zero-order valence-electron chi connectivity index (χ0n) is 13.2. The molecule has 2 fully saturated rings. The van der Waals surface area contributed by atoms with E-state index in [1.807, 2.05) is 13.0 Å². The molecule has 0 aromatic rings. The highest BCUT2D eigenvalue weighted by Crippen LogP contribution is 2.53. The number of aliphatic hydroxyl groups is 1. The Morgan fingerprint density at radius 2 is 1.95 bits per heavy atom. The topological polar surface area (TPSA) is 38.7 Å². The molecule has 0 aromatic carbocycles. The number of hydrogen-bond acceptors (Lipinski definition) is 3. The smallest absolute Gasteiger partial charge is 0.171 e. The van der Waals surface area contributed by atoms with Crippen LogP contribution in [0.3, 0.4) is 0 Å². The highest BCUT2D eigenvalue weighted by molar-refractivity contribution is 5.21. The lowest BCUT2D eigenvalue weighted by molar-refractivity contribution is -0.240. The second-order valence-corrected chi connectivity index (χ2v) is 6.50. The van der Waals surface area contributed by atoms with Crippen LogP contribution in [0.25, 0.3) is 0 Å². The molecule has 0 amide bonds. The van der Waals surface area contributed by atoms with Crippen LogP contribution in [0.5, 0.6) is 0 Å². The minimum atomic E-state index is -0.389. The third-order valence-electron chi connectivity index (χ3n) is 5.48. The second-order valence-electron chi connectivity index (χ2n) is 6.50. The van der Waals surface area contributed by atoms with Gasteiger partial charge in [-0.2, -0.15) is 0 Å². The Bertz CT molecular complexity index is 393. The van der Waals surface area contributed by atoms with Gasteiger partial charge in [0.2, 0.25) is 0 Å². The van der Waals surface area contributed by atoms with E-state index in [1.165, 1.54) is 0 Å². The van der Waals surface area contributed by atoms with Crippen LogP contribution >= 0.6 is 0 Å². The zero-order chi connectivity index (χ0) is 14.8. The summed E-state index contributed by atoms with van der Waals surface area (Å²) in [5, 5.41) is 8.96. The molecule has 20 heavy (non-hydrogen) atoms. The summed E-state index contributed by atoms with van der Waals surface area (Å²) in [5.41, 5.74) is 1.15. The van der Waals surface area contributed by atoms with Gasteiger partial charge < -0.3 is 14.6 Å². The first kappa shape index (κ1) is 15.7. The number of allylic oxidation sites excluding steroid dienone is 3. The standard InChI is InChI=1S/C17H28O3/c1-13(7-10-18)5-8-16(4)14(2)6-9-17(15(16)3)19-11-12-20-17/h5,7-8,14-15,18H,6,9-12H2,1-4H3/b8-5+,13-7+/t14-,15-,16+/m1/s1. The number of hydrogen-bond donors (Lipinski definition) is 1. The van der Waals surface area contributed by atoms with Crippen molar-refractivity contribution in [1.82, 2.24) is 0 Å². The van der Waals surface area contributed by atoms with Gasteiger partial charge in [-0.05, 0) is 24.7 Å². The molecule has 0 bridgehead atoms. The first-order chi connectivity index (χ1) is 9.44. The highest BCUT2D eigenvalue weighted by atomic mass is 16.7. The molecule has 1 aliphatic heterocycles. The summed E-state index contributed by atoms with van der Waals surface area (Å²) in [6.45, 7) is 10.4. The van der Waals surface area contributed by atoms with Crippen LogP contribution in [0.15, 0.2) is 23.8 Å². The van der Waals surface area contributed by atoms with Crippen molar-refractivity contribution >= 4 is 0 Å². The Morgan fingerprint density at radius 1 is 1.30 bits per heavy atom. The van der Waals surface area contributed by atoms with Crippen LogP contribution in [0.2, 0.25) is 0 Å². The molecule has 0 aromatic heterocycles. The third kappa shape index (κ3) is 2.72. The van der Waals surface area contributed by atoms with E-state index in [-0.39, 0.29) is 17.8 Å². The molecule has 3 heteroatoms. The van der Waals surface area contributed by atoms with Crippen molar-refractivity contribution in [2.45, 2.75) is 46.3 Å². The molecule has 1 heterocycles. The summed E-state index contributed by atoms with van der Waals surface area (Å²) in [6.07, 6.45) is 8.35. The molecule has 1 saturated heterocycles. The van der Waals surface area contributed by atoms with E-state index in [0.29, 0.717) is 25.0 Å². The molecule has 114 valence electrons. The fourth-order valence-electron chi connectivity index (χ4n) is 3.54. The number of aliphatic hydroxyl groups excluding tert-OH is 1. The van der Waals surface area contributed by atoms with E-state index in [1.54, 1.807) is 0 Å². The Morgan fingerprint density at radius 3 is 2.55 bits per heavy atom. The summed E-state index contributed by atoms with van der Waals surface area (Å²) in [6, 6.07) is 0. The van der Waals surface area contributed by atoms with Crippen LogP contribution in [0.4, 0.5) is 0 Å². The number of rotatable bonds is 3. The molecule has 1 spiro atoms. The lowest BCUT2D eigenvalue weighted by atomic mass is 9.59. The van der Waals surface area contributed by atoms with Crippen molar-refractivity contribution < 1.29 is 14.6 Å². The fraction of sp³-hybridized carbons (Fsp3) is 0.765. The first-order valence-corrected chi connectivity index (χ1v) is 7.69. The lowest BCUT2D eigenvalue weighted by Gasteiger charge is -2.51. The van der Waals surface area contributed by atoms with Gasteiger partial charge in [-0.1, -0.05) is 44.6 Å². The molecular formula is C17H28O3. The molecule has 1 N–H and O–H groups in total. The van der Waals surface area contributed by atoms with Crippen molar-refractivity contribution in [2.75, 3.05) is 19.8 Å². The van der Waals surface area contributed by atoms with E-state index in [0.717, 1.165) is 18.4 Å². The largest absolute Gasteiger partial charge is 0.392 e. The zero-order valence-corrected chi connectivity index (χ0v) is 13.2. The van der Waals surface area contributed by atoms with E-state index >= 15 is 0 Å². The third-order valence-corrected chi connectivity index (χ3v) is 5.48. The van der Waals surface area contributed by atoms with E-state index in [9.17, 15) is 0 Å². The van der Waals surface area contributed by atoms with Gasteiger partial charge in [0.15, 0.2) is 5.79 Å². The number of ether oxygens (including phenoxy) is 2. The van der Waals surface area contributed by atoms with E-state index in [2.05, 4.69) is 32.9 Å². The highest BCUT2D eigenvalue weighted by Gasteiger charge is 2.54. The van der Waals surface area contributed by atoms with Gasteiger partial charge in [-0.25, -0.2) is 0 Å². The van der Waals surface area contributed by atoms with Crippen LogP contribution in [0.1, 0.15) is 40.5 Å². The molecule has 0 radical (unpaired) electrons. The van der Waals surface area contributed by atoms with Crippen molar-refractivity contribution in [2.24, 2.45) is 17.3 Å². The van der Waals surface area contributed by atoms with Crippen molar-refractivity contribution in [3.05, 3.63) is 23.8 Å². The fourth-order valence-corrected chi connectivity index (χ4v) is 3.54. The van der Waals surface area contributed by atoms with Crippen LogP contribution in [-0.4, -0.2) is 30.7 Å². The Hall–Kier alpha value is -0.640. The van der Waals surface area contributed by atoms with Crippen LogP contribution in [-0.2, 0) is 9.47 Å². The minimum absolute atomic E-state index is 0.0488. The van der Waals surface area contributed by atoms with Gasteiger partial charge >= 0.3 is 0 Å². The predicted octanol–water partition coefficient (Wildman–Crippen LogP) is 3.30. The average Bonchev–Trinajstić information content (AvgIpc) is 2.90. The SMILES string of the molecule is CC(/C=C/[C@@]1(C)[C@H](C)CCC2(OCCO2)[C@@H]1C)=C\CO. The summed E-state index contributed by atoms with van der Waals surface area (Å²) < 4.78 is 12.0. The van der Waals surface area contributed by atoms with Gasteiger partial charge in [0.05, 0.1) is 19.8 Å². The molecule has 1 aliphatic carbocycles. The maximum absolute atomic E-state index is 8.96. The van der Waals surface area contributed by atoms with Crippen LogP contribution in [0, 0.1) is 17.3 Å². The van der Waals surface area contributed by atoms with Crippen molar-refractivity contribution in [3.63, 3.8) is 0 Å².